The maximum atomic E-state index is 12.3. The van der Waals surface area contributed by atoms with Crippen LogP contribution in [-0.4, -0.2) is 35.0 Å². The monoisotopic (exact) mass is 338 g/mol. The Labute approximate surface area is 147 Å². The number of rotatable bonds is 4. The van der Waals surface area contributed by atoms with E-state index >= 15 is 0 Å². The molecule has 2 heterocycles. The summed E-state index contributed by atoms with van der Waals surface area (Å²) in [6.45, 7) is 3.49. The minimum Gasteiger partial charge on any atom is -0.355 e. The highest BCUT2D eigenvalue weighted by atomic mass is 16.2. The number of Topliss-reactive ketones (excluding diaryl/α,β-unsaturated/α-hetero) is 1. The lowest BCUT2D eigenvalue weighted by Gasteiger charge is -2.20. The van der Waals surface area contributed by atoms with Gasteiger partial charge in [-0.05, 0) is 56.2 Å². The minimum absolute atomic E-state index is 0.00663. The second kappa shape index (κ2) is 7.88. The molecular weight excluding hydrogens is 316 g/mol. The predicted molar refractivity (Wildman–Crippen MR) is 97.1 cm³/mol. The van der Waals surface area contributed by atoms with Crippen LogP contribution in [0.5, 0.6) is 0 Å². The van der Waals surface area contributed by atoms with E-state index in [2.05, 4.69) is 20.4 Å². The van der Waals surface area contributed by atoms with Crippen LogP contribution in [0.4, 0.5) is 11.5 Å². The summed E-state index contributed by atoms with van der Waals surface area (Å²) < 4.78 is 0. The molecule has 6 nitrogen and oxygen atoms in total. The first-order valence-corrected chi connectivity index (χ1v) is 8.64. The molecule has 3 rings (SSSR count). The highest BCUT2D eigenvalue weighted by Crippen LogP contribution is 2.17. The highest BCUT2D eigenvalue weighted by molar-refractivity contribution is 6.03. The van der Waals surface area contributed by atoms with Crippen molar-refractivity contribution in [1.29, 1.82) is 0 Å². The Hall–Kier alpha value is -2.76. The van der Waals surface area contributed by atoms with Crippen molar-refractivity contribution < 1.29 is 9.59 Å². The molecule has 0 aliphatic carbocycles. The van der Waals surface area contributed by atoms with Gasteiger partial charge in [0.15, 0.2) is 17.3 Å². The Balaban J connectivity index is 1.64. The van der Waals surface area contributed by atoms with E-state index in [1.807, 2.05) is 6.07 Å². The smallest absolute Gasteiger partial charge is 0.276 e. The zero-order chi connectivity index (χ0) is 17.6. The fraction of sp³-hybridized carbons (Fsp3) is 0.368. The van der Waals surface area contributed by atoms with Crippen LogP contribution in [0, 0.1) is 0 Å². The number of aromatic nitrogens is 2. The van der Waals surface area contributed by atoms with Gasteiger partial charge in [0.05, 0.1) is 0 Å². The Morgan fingerprint density at radius 2 is 1.60 bits per heavy atom. The van der Waals surface area contributed by atoms with Gasteiger partial charge in [-0.15, -0.1) is 10.2 Å². The molecule has 1 fully saturated rings. The number of anilines is 2. The van der Waals surface area contributed by atoms with Gasteiger partial charge < -0.3 is 10.2 Å². The van der Waals surface area contributed by atoms with Crippen molar-refractivity contribution in [2.45, 2.75) is 32.6 Å². The lowest BCUT2D eigenvalue weighted by Crippen LogP contribution is -2.25. The molecule has 1 aliphatic rings. The van der Waals surface area contributed by atoms with E-state index in [-0.39, 0.29) is 17.4 Å². The number of carbonyl (C=O) groups excluding carboxylic acids is 2. The average Bonchev–Trinajstić information content (AvgIpc) is 2.92. The van der Waals surface area contributed by atoms with E-state index < -0.39 is 0 Å². The van der Waals surface area contributed by atoms with Gasteiger partial charge in [0, 0.05) is 24.3 Å². The molecule has 1 saturated heterocycles. The first-order valence-electron chi connectivity index (χ1n) is 8.64. The summed E-state index contributed by atoms with van der Waals surface area (Å²) in [6, 6.07) is 10.3. The number of nitrogens with one attached hydrogen (secondary N) is 1. The zero-order valence-electron chi connectivity index (χ0n) is 14.4. The number of benzene rings is 1. The molecule has 0 saturated carbocycles. The van der Waals surface area contributed by atoms with Crippen LogP contribution in [0.3, 0.4) is 0 Å². The highest BCUT2D eigenvalue weighted by Gasteiger charge is 2.14. The summed E-state index contributed by atoms with van der Waals surface area (Å²) in [6.07, 6.45) is 4.85. The number of ketones is 1. The van der Waals surface area contributed by atoms with Crippen LogP contribution in [0.15, 0.2) is 36.4 Å². The molecule has 0 spiro atoms. The lowest BCUT2D eigenvalue weighted by atomic mass is 10.1. The molecular formula is C19H22N4O2. The van der Waals surface area contributed by atoms with Crippen LogP contribution < -0.4 is 10.2 Å². The van der Waals surface area contributed by atoms with Gasteiger partial charge in [-0.2, -0.15) is 0 Å². The third kappa shape index (κ3) is 4.41. The number of hydrogen-bond donors (Lipinski definition) is 1. The molecule has 0 bridgehead atoms. The molecule has 0 atom stereocenters. The van der Waals surface area contributed by atoms with E-state index in [0.717, 1.165) is 18.9 Å². The second-order valence-corrected chi connectivity index (χ2v) is 6.27. The Morgan fingerprint density at radius 1 is 0.920 bits per heavy atom. The fourth-order valence-corrected chi connectivity index (χ4v) is 2.90. The molecule has 0 radical (unpaired) electrons. The third-order valence-electron chi connectivity index (χ3n) is 4.36. The largest absolute Gasteiger partial charge is 0.355 e. The van der Waals surface area contributed by atoms with Gasteiger partial charge in [0.1, 0.15) is 0 Å². The maximum absolute atomic E-state index is 12.3. The van der Waals surface area contributed by atoms with Crippen LogP contribution in [0.1, 0.15) is 53.5 Å². The summed E-state index contributed by atoms with van der Waals surface area (Å²) in [4.78, 5) is 25.8. The lowest BCUT2D eigenvalue weighted by molar-refractivity contribution is 0.101. The SMILES string of the molecule is CC(=O)c1ccc(NC(=O)c2ccc(N3CCCCCC3)nn2)cc1. The summed E-state index contributed by atoms with van der Waals surface area (Å²) in [5, 5.41) is 11.1. The first kappa shape index (κ1) is 17.1. The number of carbonyl (C=O) groups is 2. The summed E-state index contributed by atoms with van der Waals surface area (Å²) >= 11 is 0. The number of amides is 1. The molecule has 1 aromatic heterocycles. The van der Waals surface area contributed by atoms with E-state index in [9.17, 15) is 9.59 Å². The van der Waals surface area contributed by atoms with Crippen molar-refractivity contribution in [3.8, 4) is 0 Å². The number of hydrogen-bond acceptors (Lipinski definition) is 5. The predicted octanol–water partition coefficient (Wildman–Crippen LogP) is 3.31. The Kier molecular flexibility index (Phi) is 5.38. The molecule has 25 heavy (non-hydrogen) atoms. The Morgan fingerprint density at radius 3 is 2.16 bits per heavy atom. The Bertz CT molecular complexity index is 733. The molecule has 6 heteroatoms. The fourth-order valence-electron chi connectivity index (χ4n) is 2.90. The molecule has 1 aromatic carbocycles. The minimum atomic E-state index is -0.314. The van der Waals surface area contributed by atoms with Gasteiger partial charge in [-0.25, -0.2) is 0 Å². The summed E-state index contributed by atoms with van der Waals surface area (Å²) in [5.41, 5.74) is 1.50. The van der Waals surface area contributed by atoms with Gasteiger partial charge >= 0.3 is 0 Å². The van der Waals surface area contributed by atoms with E-state index in [1.165, 1.54) is 32.6 Å². The first-order chi connectivity index (χ1) is 12.1. The molecule has 130 valence electrons. The van der Waals surface area contributed by atoms with Crippen molar-refractivity contribution in [1.82, 2.24) is 10.2 Å². The average molecular weight is 338 g/mol. The number of nitrogens with zero attached hydrogens (tertiary/aromatic N) is 3. The molecule has 1 aliphatic heterocycles. The molecule has 0 unspecified atom stereocenters. The van der Waals surface area contributed by atoms with Gasteiger partial charge in [0.2, 0.25) is 0 Å². The third-order valence-corrected chi connectivity index (χ3v) is 4.36. The van der Waals surface area contributed by atoms with Crippen molar-refractivity contribution >= 4 is 23.2 Å². The van der Waals surface area contributed by atoms with Crippen molar-refractivity contribution in [3.05, 3.63) is 47.7 Å². The second-order valence-electron chi connectivity index (χ2n) is 6.27. The van der Waals surface area contributed by atoms with Crippen molar-refractivity contribution in [3.63, 3.8) is 0 Å². The van der Waals surface area contributed by atoms with E-state index in [1.54, 1.807) is 30.3 Å². The van der Waals surface area contributed by atoms with Crippen LogP contribution in [0.25, 0.3) is 0 Å². The zero-order valence-corrected chi connectivity index (χ0v) is 14.4. The standard InChI is InChI=1S/C19H22N4O2/c1-14(24)15-6-8-16(9-7-15)20-19(25)17-10-11-18(22-21-17)23-12-4-2-3-5-13-23/h6-11H,2-5,12-13H2,1H3,(H,20,25). The molecule has 2 aromatic rings. The van der Waals surface area contributed by atoms with Gasteiger partial charge in [-0.1, -0.05) is 12.8 Å². The van der Waals surface area contributed by atoms with Crippen LogP contribution in [0.2, 0.25) is 0 Å². The topological polar surface area (TPSA) is 75.2 Å². The molecule has 1 amide bonds. The quantitative estimate of drug-likeness (QED) is 0.866. The maximum Gasteiger partial charge on any atom is 0.276 e. The normalized spacial score (nSPS) is 14.7. The van der Waals surface area contributed by atoms with Crippen molar-refractivity contribution in [2.24, 2.45) is 0 Å². The molecule has 1 N–H and O–H groups in total. The van der Waals surface area contributed by atoms with Gasteiger partial charge in [0.25, 0.3) is 5.91 Å². The van der Waals surface area contributed by atoms with Crippen molar-refractivity contribution in [2.75, 3.05) is 23.3 Å². The summed E-state index contributed by atoms with van der Waals surface area (Å²) in [5.74, 6) is 0.502. The van der Waals surface area contributed by atoms with Crippen LogP contribution in [-0.2, 0) is 0 Å². The van der Waals surface area contributed by atoms with E-state index in [4.69, 9.17) is 0 Å². The summed E-state index contributed by atoms with van der Waals surface area (Å²) in [7, 11) is 0. The van der Waals surface area contributed by atoms with Gasteiger partial charge in [-0.3, -0.25) is 9.59 Å². The van der Waals surface area contributed by atoms with E-state index in [0.29, 0.717) is 11.3 Å². The van der Waals surface area contributed by atoms with Crippen LogP contribution >= 0.6 is 0 Å².